The fourth-order valence-corrected chi connectivity index (χ4v) is 1.90. The molecule has 1 aromatic carbocycles. The van der Waals surface area contributed by atoms with Crippen molar-refractivity contribution in [2.24, 2.45) is 0 Å². The molecule has 1 unspecified atom stereocenters. The Bertz CT molecular complexity index is 333. The predicted octanol–water partition coefficient (Wildman–Crippen LogP) is 3.71. The van der Waals surface area contributed by atoms with Gasteiger partial charge in [-0.2, -0.15) is 0 Å². The van der Waals surface area contributed by atoms with Crippen LogP contribution in [0.5, 0.6) is 0 Å². The van der Waals surface area contributed by atoms with Crippen molar-refractivity contribution in [2.45, 2.75) is 32.3 Å². The highest BCUT2D eigenvalue weighted by atomic mass is 79.9. The third-order valence-corrected chi connectivity index (χ3v) is 2.76. The first-order chi connectivity index (χ1) is 7.08. The van der Waals surface area contributed by atoms with E-state index in [1.165, 1.54) is 5.56 Å². The lowest BCUT2D eigenvalue weighted by Crippen LogP contribution is -2.10. The minimum Gasteiger partial charge on any atom is -0.393 e. The summed E-state index contributed by atoms with van der Waals surface area (Å²) in [6.07, 6.45) is 2.14. The summed E-state index contributed by atoms with van der Waals surface area (Å²) in [4.78, 5) is 0. The zero-order chi connectivity index (χ0) is 11.3. The molecule has 0 aliphatic rings. The number of hydrogen-bond donors (Lipinski definition) is 1. The lowest BCUT2D eigenvalue weighted by Gasteiger charge is -2.10. The fraction of sp³-hybridized carbons (Fsp3) is 0.385. The molecule has 1 atom stereocenters. The third kappa shape index (κ3) is 5.14. The Kier molecular flexibility index (Phi) is 5.06. The molecule has 1 rings (SSSR count). The molecule has 1 nitrogen and oxygen atoms in total. The Balaban J connectivity index is 2.44. The van der Waals surface area contributed by atoms with E-state index >= 15 is 0 Å². The van der Waals surface area contributed by atoms with Crippen LogP contribution < -0.4 is 0 Å². The highest BCUT2D eigenvalue weighted by Crippen LogP contribution is 2.15. The molecule has 0 amide bonds. The van der Waals surface area contributed by atoms with Gasteiger partial charge < -0.3 is 5.11 Å². The summed E-state index contributed by atoms with van der Waals surface area (Å²) >= 11 is 3.42. The van der Waals surface area contributed by atoms with Crippen LogP contribution in [0.1, 0.15) is 25.3 Å². The smallest absolute Gasteiger partial charge is 0.0583 e. The van der Waals surface area contributed by atoms with Crippen molar-refractivity contribution >= 4 is 15.9 Å². The maximum atomic E-state index is 9.79. The van der Waals surface area contributed by atoms with Crippen LogP contribution in [0.25, 0.3) is 0 Å². The number of rotatable bonds is 5. The minimum absolute atomic E-state index is 0.268. The van der Waals surface area contributed by atoms with Gasteiger partial charge in [0.1, 0.15) is 0 Å². The van der Waals surface area contributed by atoms with Crippen LogP contribution in [0.15, 0.2) is 40.9 Å². The van der Waals surface area contributed by atoms with Crippen LogP contribution in [-0.2, 0) is 6.42 Å². The average Bonchev–Trinajstić information content (AvgIpc) is 2.15. The molecule has 0 radical (unpaired) electrons. The summed E-state index contributed by atoms with van der Waals surface area (Å²) < 4.78 is 1.06. The number of aliphatic hydroxyl groups is 1. The summed E-state index contributed by atoms with van der Waals surface area (Å²) in [6, 6.07) is 8.06. The average molecular weight is 269 g/mol. The SMILES string of the molecule is C=C(C)CCC(O)Cc1cccc(Br)c1. The molecular formula is C13H17BrO. The highest BCUT2D eigenvalue weighted by molar-refractivity contribution is 9.10. The van der Waals surface area contributed by atoms with Gasteiger partial charge in [-0.05, 0) is 43.9 Å². The molecule has 0 spiro atoms. The number of aliphatic hydroxyl groups excluding tert-OH is 1. The topological polar surface area (TPSA) is 20.2 Å². The van der Waals surface area contributed by atoms with Crippen LogP contribution in [0.2, 0.25) is 0 Å². The molecule has 0 saturated carbocycles. The van der Waals surface area contributed by atoms with Gasteiger partial charge in [0.2, 0.25) is 0 Å². The van der Waals surface area contributed by atoms with E-state index in [1.54, 1.807) is 0 Å². The van der Waals surface area contributed by atoms with Crippen molar-refractivity contribution < 1.29 is 5.11 Å². The summed E-state index contributed by atoms with van der Waals surface area (Å²) in [5.74, 6) is 0. The van der Waals surface area contributed by atoms with Crippen molar-refractivity contribution in [3.63, 3.8) is 0 Å². The molecular weight excluding hydrogens is 252 g/mol. The van der Waals surface area contributed by atoms with Crippen LogP contribution in [-0.4, -0.2) is 11.2 Å². The first-order valence-electron chi connectivity index (χ1n) is 5.15. The van der Waals surface area contributed by atoms with Crippen LogP contribution in [0, 0.1) is 0 Å². The molecule has 1 aromatic rings. The normalized spacial score (nSPS) is 12.5. The van der Waals surface area contributed by atoms with Gasteiger partial charge in [0.05, 0.1) is 6.10 Å². The van der Waals surface area contributed by atoms with E-state index in [-0.39, 0.29) is 6.10 Å². The molecule has 2 heteroatoms. The second-order valence-corrected chi connectivity index (χ2v) is 4.90. The van der Waals surface area contributed by atoms with E-state index in [0.717, 1.165) is 22.9 Å². The van der Waals surface area contributed by atoms with Gasteiger partial charge in [0.25, 0.3) is 0 Å². The van der Waals surface area contributed by atoms with Gasteiger partial charge in [0, 0.05) is 4.47 Å². The minimum atomic E-state index is -0.268. The van der Waals surface area contributed by atoms with Crippen molar-refractivity contribution in [1.29, 1.82) is 0 Å². The number of halogens is 1. The Morgan fingerprint density at radius 3 is 2.87 bits per heavy atom. The van der Waals surface area contributed by atoms with Gasteiger partial charge in [0.15, 0.2) is 0 Å². The van der Waals surface area contributed by atoms with Gasteiger partial charge in [-0.25, -0.2) is 0 Å². The lowest BCUT2D eigenvalue weighted by molar-refractivity contribution is 0.165. The highest BCUT2D eigenvalue weighted by Gasteiger charge is 2.05. The Hall–Kier alpha value is -0.600. The van der Waals surface area contributed by atoms with Crippen molar-refractivity contribution in [3.8, 4) is 0 Å². The van der Waals surface area contributed by atoms with Crippen molar-refractivity contribution in [1.82, 2.24) is 0 Å². The van der Waals surface area contributed by atoms with Gasteiger partial charge in [-0.3, -0.25) is 0 Å². The predicted molar refractivity (Wildman–Crippen MR) is 67.9 cm³/mol. The Labute approximate surface area is 100.0 Å². The van der Waals surface area contributed by atoms with E-state index < -0.39 is 0 Å². The second kappa shape index (κ2) is 6.09. The largest absolute Gasteiger partial charge is 0.393 e. The molecule has 82 valence electrons. The summed E-state index contributed by atoms with van der Waals surface area (Å²) in [7, 11) is 0. The first kappa shape index (κ1) is 12.5. The molecule has 0 aliphatic carbocycles. The van der Waals surface area contributed by atoms with Gasteiger partial charge in [-0.1, -0.05) is 33.6 Å². The second-order valence-electron chi connectivity index (χ2n) is 3.98. The molecule has 0 bridgehead atoms. The molecule has 0 saturated heterocycles. The summed E-state index contributed by atoms with van der Waals surface area (Å²) in [5.41, 5.74) is 2.29. The maximum Gasteiger partial charge on any atom is 0.0583 e. The quantitative estimate of drug-likeness (QED) is 0.808. The zero-order valence-electron chi connectivity index (χ0n) is 9.04. The Morgan fingerprint density at radius 2 is 2.27 bits per heavy atom. The van der Waals surface area contributed by atoms with E-state index in [2.05, 4.69) is 22.5 Å². The van der Waals surface area contributed by atoms with Crippen LogP contribution in [0.4, 0.5) is 0 Å². The molecule has 0 heterocycles. The maximum absolute atomic E-state index is 9.79. The fourth-order valence-electron chi connectivity index (χ4n) is 1.45. The van der Waals surface area contributed by atoms with Crippen molar-refractivity contribution in [2.75, 3.05) is 0 Å². The molecule has 0 aliphatic heterocycles. The number of benzene rings is 1. The summed E-state index contributed by atoms with van der Waals surface area (Å²) in [5, 5.41) is 9.79. The lowest BCUT2D eigenvalue weighted by atomic mass is 10.0. The van der Waals surface area contributed by atoms with E-state index in [4.69, 9.17) is 0 Å². The third-order valence-electron chi connectivity index (χ3n) is 2.26. The van der Waals surface area contributed by atoms with Crippen LogP contribution in [0.3, 0.4) is 0 Å². The van der Waals surface area contributed by atoms with Crippen LogP contribution >= 0.6 is 15.9 Å². The number of hydrogen-bond acceptors (Lipinski definition) is 1. The molecule has 1 N–H and O–H groups in total. The molecule has 0 aromatic heterocycles. The zero-order valence-corrected chi connectivity index (χ0v) is 10.6. The van der Waals surface area contributed by atoms with Gasteiger partial charge in [-0.15, -0.1) is 6.58 Å². The van der Waals surface area contributed by atoms with E-state index in [0.29, 0.717) is 6.42 Å². The molecule has 15 heavy (non-hydrogen) atoms. The number of allylic oxidation sites excluding steroid dienone is 1. The Morgan fingerprint density at radius 1 is 1.53 bits per heavy atom. The monoisotopic (exact) mass is 268 g/mol. The van der Waals surface area contributed by atoms with E-state index in [9.17, 15) is 5.11 Å². The summed E-state index contributed by atoms with van der Waals surface area (Å²) in [6.45, 7) is 5.82. The van der Waals surface area contributed by atoms with Crippen molar-refractivity contribution in [3.05, 3.63) is 46.5 Å². The first-order valence-corrected chi connectivity index (χ1v) is 5.94. The van der Waals surface area contributed by atoms with Gasteiger partial charge >= 0.3 is 0 Å². The standard InChI is InChI=1S/C13H17BrO/c1-10(2)6-7-13(15)9-11-4-3-5-12(14)8-11/h3-5,8,13,15H,1,6-7,9H2,2H3. The molecule has 0 fully saturated rings. The van der Waals surface area contributed by atoms with E-state index in [1.807, 2.05) is 31.2 Å².